The van der Waals surface area contributed by atoms with E-state index >= 15 is 0 Å². The summed E-state index contributed by atoms with van der Waals surface area (Å²) < 4.78 is 26.7. The molecule has 100 valence electrons. The van der Waals surface area contributed by atoms with Crippen LogP contribution in [0, 0.1) is 11.6 Å². The SMILES string of the molecule is CC(Sc1nc(O)cc(=O)[nH]1)c1cccc(F)c1F. The highest BCUT2D eigenvalue weighted by Gasteiger charge is 2.16. The fourth-order valence-corrected chi connectivity index (χ4v) is 2.49. The fraction of sp³-hybridized carbons (Fsp3) is 0.167. The molecule has 2 N–H and O–H groups in total. The zero-order valence-corrected chi connectivity index (χ0v) is 10.7. The summed E-state index contributed by atoms with van der Waals surface area (Å²) in [6, 6.07) is 4.82. The van der Waals surface area contributed by atoms with Crippen molar-refractivity contribution in [3.63, 3.8) is 0 Å². The number of thioether (sulfide) groups is 1. The maximum Gasteiger partial charge on any atom is 0.255 e. The Balaban J connectivity index is 2.28. The largest absolute Gasteiger partial charge is 0.493 e. The van der Waals surface area contributed by atoms with E-state index in [0.717, 1.165) is 23.9 Å². The summed E-state index contributed by atoms with van der Waals surface area (Å²) >= 11 is 1.01. The van der Waals surface area contributed by atoms with Crippen LogP contribution >= 0.6 is 11.8 Å². The molecule has 19 heavy (non-hydrogen) atoms. The summed E-state index contributed by atoms with van der Waals surface area (Å²) in [6.45, 7) is 1.65. The normalized spacial score (nSPS) is 12.4. The summed E-state index contributed by atoms with van der Waals surface area (Å²) in [5.74, 6) is -2.27. The lowest BCUT2D eigenvalue weighted by Gasteiger charge is -2.11. The molecule has 1 atom stereocenters. The van der Waals surface area contributed by atoms with Crippen molar-refractivity contribution in [1.29, 1.82) is 0 Å². The Morgan fingerprint density at radius 2 is 2.16 bits per heavy atom. The van der Waals surface area contributed by atoms with E-state index in [-0.39, 0.29) is 10.7 Å². The predicted molar refractivity (Wildman–Crippen MR) is 67.2 cm³/mol. The Hall–Kier alpha value is -1.89. The number of nitrogens with one attached hydrogen (secondary N) is 1. The molecule has 0 saturated carbocycles. The van der Waals surface area contributed by atoms with Gasteiger partial charge in [-0.25, -0.2) is 8.78 Å². The van der Waals surface area contributed by atoms with Crippen molar-refractivity contribution in [3.05, 3.63) is 51.8 Å². The molecule has 0 amide bonds. The van der Waals surface area contributed by atoms with Crippen LogP contribution in [0.2, 0.25) is 0 Å². The molecule has 1 aromatic heterocycles. The van der Waals surface area contributed by atoms with Crippen LogP contribution in [0.3, 0.4) is 0 Å². The van der Waals surface area contributed by atoms with Gasteiger partial charge in [0.15, 0.2) is 16.8 Å². The van der Waals surface area contributed by atoms with Crippen LogP contribution in [0.1, 0.15) is 17.7 Å². The number of H-pyrrole nitrogens is 1. The van der Waals surface area contributed by atoms with Gasteiger partial charge in [0.25, 0.3) is 5.56 Å². The number of benzene rings is 1. The summed E-state index contributed by atoms with van der Waals surface area (Å²) in [7, 11) is 0. The molecule has 0 bridgehead atoms. The Morgan fingerprint density at radius 3 is 2.84 bits per heavy atom. The van der Waals surface area contributed by atoms with E-state index < -0.39 is 28.3 Å². The lowest BCUT2D eigenvalue weighted by Crippen LogP contribution is -2.07. The molecule has 2 aromatic rings. The number of aromatic nitrogens is 2. The number of aromatic amines is 1. The van der Waals surface area contributed by atoms with Crippen molar-refractivity contribution in [1.82, 2.24) is 9.97 Å². The van der Waals surface area contributed by atoms with Crippen LogP contribution in [0.5, 0.6) is 5.88 Å². The summed E-state index contributed by atoms with van der Waals surface area (Å²) in [5.41, 5.74) is -0.349. The third-order valence-electron chi connectivity index (χ3n) is 2.41. The molecule has 0 saturated heterocycles. The van der Waals surface area contributed by atoms with Crippen LogP contribution in [-0.2, 0) is 0 Å². The van der Waals surface area contributed by atoms with E-state index in [0.29, 0.717) is 0 Å². The quantitative estimate of drug-likeness (QED) is 0.671. The number of hydrogen-bond acceptors (Lipinski definition) is 4. The van der Waals surface area contributed by atoms with Crippen molar-refractivity contribution in [3.8, 4) is 5.88 Å². The fourth-order valence-electron chi connectivity index (χ4n) is 1.54. The first kappa shape index (κ1) is 13.5. The monoisotopic (exact) mass is 284 g/mol. The van der Waals surface area contributed by atoms with E-state index in [1.807, 2.05) is 0 Å². The minimum atomic E-state index is -0.928. The van der Waals surface area contributed by atoms with E-state index in [1.165, 1.54) is 12.1 Å². The highest BCUT2D eigenvalue weighted by atomic mass is 32.2. The maximum absolute atomic E-state index is 13.6. The highest BCUT2D eigenvalue weighted by Crippen LogP contribution is 2.34. The van der Waals surface area contributed by atoms with E-state index in [1.54, 1.807) is 6.92 Å². The number of nitrogens with zero attached hydrogens (tertiary/aromatic N) is 1. The first-order valence-corrected chi connectivity index (χ1v) is 6.26. The third-order valence-corrected chi connectivity index (χ3v) is 3.44. The average molecular weight is 284 g/mol. The smallest absolute Gasteiger partial charge is 0.255 e. The third kappa shape index (κ3) is 3.11. The molecular formula is C12H10F2N2O2S. The Labute approximate surface area is 111 Å². The molecule has 0 aliphatic heterocycles. The first-order chi connectivity index (χ1) is 8.97. The molecule has 0 fully saturated rings. The van der Waals surface area contributed by atoms with Crippen molar-refractivity contribution in [2.45, 2.75) is 17.3 Å². The van der Waals surface area contributed by atoms with Gasteiger partial charge < -0.3 is 10.1 Å². The van der Waals surface area contributed by atoms with Gasteiger partial charge in [-0.3, -0.25) is 4.79 Å². The summed E-state index contributed by atoms with van der Waals surface area (Å²) in [4.78, 5) is 17.2. The maximum atomic E-state index is 13.6. The molecule has 4 nitrogen and oxygen atoms in total. The molecule has 1 unspecified atom stereocenters. The molecule has 0 spiro atoms. The van der Waals surface area contributed by atoms with Crippen molar-refractivity contribution in [2.24, 2.45) is 0 Å². The minimum Gasteiger partial charge on any atom is -0.493 e. The average Bonchev–Trinajstić information content (AvgIpc) is 2.31. The molecule has 7 heteroatoms. The molecular weight excluding hydrogens is 274 g/mol. The van der Waals surface area contributed by atoms with Crippen LogP contribution in [0.25, 0.3) is 0 Å². The molecule has 0 aliphatic carbocycles. The van der Waals surface area contributed by atoms with Crippen LogP contribution in [-0.4, -0.2) is 15.1 Å². The van der Waals surface area contributed by atoms with E-state index in [4.69, 9.17) is 0 Å². The standard InChI is InChI=1S/C12H10F2N2O2S/c1-6(7-3-2-4-8(13)11(7)14)19-12-15-9(17)5-10(18)16-12/h2-6H,1H3,(H2,15,16,17,18). The molecule has 0 radical (unpaired) electrons. The van der Waals surface area contributed by atoms with Gasteiger partial charge in [0.2, 0.25) is 5.88 Å². The number of rotatable bonds is 3. The highest BCUT2D eigenvalue weighted by molar-refractivity contribution is 7.99. The van der Waals surface area contributed by atoms with Gasteiger partial charge in [0.05, 0.1) is 6.07 Å². The van der Waals surface area contributed by atoms with Gasteiger partial charge in [0, 0.05) is 10.8 Å². The summed E-state index contributed by atoms with van der Waals surface area (Å²) in [5, 5.41) is 8.87. The second-order valence-electron chi connectivity index (χ2n) is 3.81. The van der Waals surface area contributed by atoms with Crippen LogP contribution in [0.4, 0.5) is 8.78 Å². The van der Waals surface area contributed by atoms with Crippen LogP contribution < -0.4 is 5.56 Å². The van der Waals surface area contributed by atoms with Gasteiger partial charge in [0.1, 0.15) is 0 Å². The van der Waals surface area contributed by atoms with E-state index in [9.17, 15) is 18.7 Å². The number of aromatic hydroxyl groups is 1. The second-order valence-corrected chi connectivity index (χ2v) is 5.14. The molecule has 2 rings (SSSR count). The minimum absolute atomic E-state index is 0.140. The first-order valence-electron chi connectivity index (χ1n) is 5.38. The van der Waals surface area contributed by atoms with Gasteiger partial charge in [-0.2, -0.15) is 4.98 Å². The second kappa shape index (κ2) is 5.40. The van der Waals surface area contributed by atoms with Crippen molar-refractivity contribution in [2.75, 3.05) is 0 Å². The molecule has 1 heterocycles. The molecule has 1 aromatic carbocycles. The van der Waals surface area contributed by atoms with Gasteiger partial charge in [-0.15, -0.1) is 0 Å². The van der Waals surface area contributed by atoms with Gasteiger partial charge in [-0.1, -0.05) is 23.9 Å². The van der Waals surface area contributed by atoms with Gasteiger partial charge >= 0.3 is 0 Å². The van der Waals surface area contributed by atoms with Gasteiger partial charge in [-0.05, 0) is 13.0 Å². The number of halogens is 2. The topological polar surface area (TPSA) is 66.0 Å². The lowest BCUT2D eigenvalue weighted by atomic mass is 10.1. The predicted octanol–water partition coefficient (Wildman–Crippen LogP) is 2.61. The van der Waals surface area contributed by atoms with E-state index in [2.05, 4.69) is 9.97 Å². The zero-order valence-electron chi connectivity index (χ0n) is 9.85. The zero-order chi connectivity index (χ0) is 14.0. The summed E-state index contributed by atoms with van der Waals surface area (Å²) in [6.07, 6.45) is 0. The molecule has 0 aliphatic rings. The van der Waals surface area contributed by atoms with Crippen molar-refractivity contribution >= 4 is 11.8 Å². The Morgan fingerprint density at radius 1 is 1.42 bits per heavy atom. The lowest BCUT2D eigenvalue weighted by molar-refractivity contribution is 0.444. The van der Waals surface area contributed by atoms with Crippen molar-refractivity contribution < 1.29 is 13.9 Å². The van der Waals surface area contributed by atoms with Crippen LogP contribution in [0.15, 0.2) is 34.2 Å². The number of hydrogen-bond donors (Lipinski definition) is 2. The Bertz CT molecular complexity index is 660. The Kier molecular flexibility index (Phi) is 3.84.